The minimum Gasteiger partial charge on any atom is -0.374 e. The fourth-order valence-corrected chi connectivity index (χ4v) is 4.15. The van der Waals surface area contributed by atoms with Crippen LogP contribution in [0.15, 0.2) is 24.3 Å². The number of anilines is 1. The molecule has 0 spiro atoms. The van der Waals surface area contributed by atoms with E-state index in [1.54, 1.807) is 6.92 Å². The Kier molecular flexibility index (Phi) is 3.34. The van der Waals surface area contributed by atoms with Crippen molar-refractivity contribution in [2.75, 3.05) is 18.5 Å². The Balaban J connectivity index is 1.74. The highest BCUT2D eigenvalue weighted by Gasteiger charge is 2.39. The molecule has 0 heterocycles. The SMILES string of the molecule is CC(=O)c1ccccc1N(C)CC1CC2CCC1C2. The number of ketones is 1. The summed E-state index contributed by atoms with van der Waals surface area (Å²) in [5.41, 5.74) is 1.95. The van der Waals surface area contributed by atoms with Gasteiger partial charge in [0.2, 0.25) is 0 Å². The molecule has 3 atom stereocenters. The highest BCUT2D eigenvalue weighted by Crippen LogP contribution is 2.48. The fraction of sp³-hybridized carbons (Fsp3) is 0.588. The summed E-state index contributed by atoms with van der Waals surface area (Å²) in [6.07, 6.45) is 5.73. The van der Waals surface area contributed by atoms with Gasteiger partial charge in [0.05, 0.1) is 0 Å². The van der Waals surface area contributed by atoms with Crippen molar-refractivity contribution in [2.45, 2.75) is 32.6 Å². The Morgan fingerprint density at radius 3 is 2.68 bits per heavy atom. The van der Waals surface area contributed by atoms with Gasteiger partial charge in [0.1, 0.15) is 0 Å². The normalized spacial score (nSPS) is 28.6. The van der Waals surface area contributed by atoms with Crippen LogP contribution in [-0.4, -0.2) is 19.4 Å². The van der Waals surface area contributed by atoms with Crippen molar-refractivity contribution in [3.05, 3.63) is 29.8 Å². The number of nitrogens with zero attached hydrogens (tertiary/aromatic N) is 1. The largest absolute Gasteiger partial charge is 0.374 e. The first-order valence-corrected chi connectivity index (χ1v) is 7.46. The van der Waals surface area contributed by atoms with Gasteiger partial charge in [-0.2, -0.15) is 0 Å². The Morgan fingerprint density at radius 1 is 1.26 bits per heavy atom. The summed E-state index contributed by atoms with van der Waals surface area (Å²) in [6, 6.07) is 7.99. The van der Waals surface area contributed by atoms with Crippen LogP contribution < -0.4 is 4.90 Å². The molecule has 2 aliphatic rings. The van der Waals surface area contributed by atoms with Crippen LogP contribution in [0, 0.1) is 17.8 Å². The summed E-state index contributed by atoms with van der Waals surface area (Å²) in [4.78, 5) is 14.0. The average Bonchev–Trinajstić information content (AvgIpc) is 3.01. The van der Waals surface area contributed by atoms with E-state index in [-0.39, 0.29) is 5.78 Å². The van der Waals surface area contributed by atoms with Crippen LogP contribution >= 0.6 is 0 Å². The van der Waals surface area contributed by atoms with E-state index < -0.39 is 0 Å². The zero-order valence-electron chi connectivity index (χ0n) is 11.9. The summed E-state index contributed by atoms with van der Waals surface area (Å²) in [7, 11) is 2.13. The number of Topliss-reactive ketones (excluding diaryl/α,β-unsaturated/α-hetero) is 1. The maximum absolute atomic E-state index is 11.7. The molecule has 0 aliphatic heterocycles. The monoisotopic (exact) mass is 257 g/mol. The molecule has 1 aromatic rings. The number of benzene rings is 1. The van der Waals surface area contributed by atoms with Crippen LogP contribution in [-0.2, 0) is 0 Å². The third kappa shape index (κ3) is 2.41. The quantitative estimate of drug-likeness (QED) is 0.765. The van der Waals surface area contributed by atoms with Crippen molar-refractivity contribution < 1.29 is 4.79 Å². The smallest absolute Gasteiger partial charge is 0.161 e. The number of rotatable bonds is 4. The minimum atomic E-state index is 0.162. The molecule has 2 bridgehead atoms. The lowest BCUT2D eigenvalue weighted by molar-refractivity contribution is 0.101. The van der Waals surface area contributed by atoms with Gasteiger partial charge in [-0.1, -0.05) is 18.6 Å². The number of para-hydroxylation sites is 1. The summed E-state index contributed by atoms with van der Waals surface area (Å²) < 4.78 is 0. The maximum Gasteiger partial charge on any atom is 0.161 e. The van der Waals surface area contributed by atoms with E-state index in [1.165, 1.54) is 25.7 Å². The highest BCUT2D eigenvalue weighted by atomic mass is 16.1. The second-order valence-corrected chi connectivity index (χ2v) is 6.39. The van der Waals surface area contributed by atoms with Gasteiger partial charge >= 0.3 is 0 Å². The molecule has 0 amide bonds. The van der Waals surface area contributed by atoms with Crippen LogP contribution in [0.2, 0.25) is 0 Å². The molecule has 3 unspecified atom stereocenters. The Hall–Kier alpha value is -1.31. The first-order valence-electron chi connectivity index (χ1n) is 7.46. The number of carbonyl (C=O) groups is 1. The van der Waals surface area contributed by atoms with Gasteiger partial charge in [-0.15, -0.1) is 0 Å². The second kappa shape index (κ2) is 4.99. The molecule has 0 saturated heterocycles. The molecule has 2 aliphatic carbocycles. The van der Waals surface area contributed by atoms with Gasteiger partial charge in [0.25, 0.3) is 0 Å². The molecule has 2 saturated carbocycles. The Morgan fingerprint density at radius 2 is 2.05 bits per heavy atom. The summed E-state index contributed by atoms with van der Waals surface area (Å²) >= 11 is 0. The average molecular weight is 257 g/mol. The first-order chi connectivity index (χ1) is 9.15. The predicted molar refractivity (Wildman–Crippen MR) is 78.7 cm³/mol. The summed E-state index contributed by atoms with van der Waals surface area (Å²) in [5.74, 6) is 2.93. The van der Waals surface area contributed by atoms with Crippen molar-refractivity contribution in [1.82, 2.24) is 0 Å². The van der Waals surface area contributed by atoms with Crippen molar-refractivity contribution in [3.8, 4) is 0 Å². The molecule has 0 radical (unpaired) electrons. The van der Waals surface area contributed by atoms with E-state index >= 15 is 0 Å². The van der Waals surface area contributed by atoms with E-state index in [2.05, 4.69) is 18.0 Å². The van der Waals surface area contributed by atoms with Gasteiger partial charge < -0.3 is 4.90 Å². The maximum atomic E-state index is 11.7. The highest BCUT2D eigenvalue weighted by molar-refractivity contribution is 5.99. The molecule has 1 aromatic carbocycles. The lowest BCUT2D eigenvalue weighted by Crippen LogP contribution is -2.29. The summed E-state index contributed by atoms with van der Waals surface area (Å²) in [5, 5.41) is 0. The topological polar surface area (TPSA) is 20.3 Å². The molecular weight excluding hydrogens is 234 g/mol. The zero-order chi connectivity index (χ0) is 13.4. The van der Waals surface area contributed by atoms with Crippen molar-refractivity contribution in [2.24, 2.45) is 17.8 Å². The number of fused-ring (bicyclic) bond motifs is 2. The van der Waals surface area contributed by atoms with Crippen LogP contribution in [0.1, 0.15) is 43.0 Å². The van der Waals surface area contributed by atoms with Gasteiger partial charge in [-0.3, -0.25) is 4.79 Å². The second-order valence-electron chi connectivity index (χ2n) is 6.39. The molecule has 2 fully saturated rings. The Bertz CT molecular complexity index is 482. The molecule has 0 N–H and O–H groups in total. The number of hydrogen-bond acceptors (Lipinski definition) is 2. The lowest BCUT2D eigenvalue weighted by atomic mass is 9.88. The lowest BCUT2D eigenvalue weighted by Gasteiger charge is -2.29. The van der Waals surface area contributed by atoms with Crippen molar-refractivity contribution >= 4 is 11.5 Å². The standard InChI is InChI=1S/C17H23NO/c1-12(19)16-5-3-4-6-17(16)18(2)11-15-10-13-7-8-14(15)9-13/h3-6,13-15H,7-11H2,1-2H3. The summed E-state index contributed by atoms with van der Waals surface area (Å²) in [6.45, 7) is 2.76. The van der Waals surface area contributed by atoms with Crippen molar-refractivity contribution in [3.63, 3.8) is 0 Å². The van der Waals surface area contributed by atoms with Crippen LogP contribution in [0.25, 0.3) is 0 Å². The van der Waals surface area contributed by atoms with E-state index in [0.717, 1.165) is 35.5 Å². The fourth-order valence-electron chi connectivity index (χ4n) is 4.15. The van der Waals surface area contributed by atoms with Crippen LogP contribution in [0.5, 0.6) is 0 Å². The molecular formula is C17H23NO. The molecule has 2 heteroatoms. The van der Waals surface area contributed by atoms with E-state index in [1.807, 2.05) is 18.2 Å². The number of carbonyl (C=O) groups excluding carboxylic acids is 1. The van der Waals surface area contributed by atoms with Crippen LogP contribution in [0.3, 0.4) is 0 Å². The van der Waals surface area contributed by atoms with E-state index in [9.17, 15) is 4.79 Å². The van der Waals surface area contributed by atoms with E-state index in [0.29, 0.717) is 0 Å². The molecule has 102 valence electrons. The minimum absolute atomic E-state index is 0.162. The van der Waals surface area contributed by atoms with Gasteiger partial charge in [-0.25, -0.2) is 0 Å². The van der Waals surface area contributed by atoms with Crippen molar-refractivity contribution in [1.29, 1.82) is 0 Å². The third-order valence-electron chi connectivity index (χ3n) is 5.09. The number of hydrogen-bond donors (Lipinski definition) is 0. The first kappa shape index (κ1) is 12.7. The molecule has 2 nitrogen and oxygen atoms in total. The van der Waals surface area contributed by atoms with E-state index in [4.69, 9.17) is 0 Å². The van der Waals surface area contributed by atoms with Gasteiger partial charge in [-0.05, 0) is 56.1 Å². The Labute approximate surface area is 115 Å². The zero-order valence-corrected chi connectivity index (χ0v) is 11.9. The van der Waals surface area contributed by atoms with Gasteiger partial charge in [0, 0.05) is 24.8 Å². The third-order valence-corrected chi connectivity index (χ3v) is 5.09. The van der Waals surface area contributed by atoms with Gasteiger partial charge in [0.15, 0.2) is 5.78 Å². The molecule has 0 aromatic heterocycles. The van der Waals surface area contributed by atoms with Crippen LogP contribution in [0.4, 0.5) is 5.69 Å². The predicted octanol–water partition coefficient (Wildman–Crippen LogP) is 3.76. The molecule has 3 rings (SSSR count). The molecule has 19 heavy (non-hydrogen) atoms.